The van der Waals surface area contributed by atoms with Gasteiger partial charge in [-0.15, -0.1) is 11.6 Å². The van der Waals surface area contributed by atoms with Gasteiger partial charge in [-0.25, -0.2) is 14.4 Å². The lowest BCUT2D eigenvalue weighted by molar-refractivity contribution is 0.530. The monoisotopic (exact) mass is 217 g/mol. The highest BCUT2D eigenvalue weighted by Gasteiger charge is 2.24. The molecule has 0 fully saturated rings. The molecule has 1 aromatic rings. The SMILES string of the molecule is CN(c1ncc(F)cn1)C(C)(C)CCl. The number of anilines is 1. The van der Waals surface area contributed by atoms with E-state index in [9.17, 15) is 4.39 Å². The van der Waals surface area contributed by atoms with Crippen molar-refractivity contribution in [3.05, 3.63) is 18.2 Å². The van der Waals surface area contributed by atoms with Gasteiger partial charge in [-0.1, -0.05) is 0 Å². The molecule has 0 saturated heterocycles. The number of aromatic nitrogens is 2. The van der Waals surface area contributed by atoms with Crippen molar-refractivity contribution in [2.75, 3.05) is 17.8 Å². The molecule has 1 rings (SSSR count). The minimum absolute atomic E-state index is 0.251. The molecular formula is C9H13ClFN3. The van der Waals surface area contributed by atoms with E-state index in [1.165, 1.54) is 0 Å². The molecule has 14 heavy (non-hydrogen) atoms. The average molecular weight is 218 g/mol. The molecule has 0 aliphatic heterocycles. The van der Waals surface area contributed by atoms with Crippen LogP contribution in [0.4, 0.5) is 10.3 Å². The molecule has 0 amide bonds. The molecule has 3 nitrogen and oxygen atoms in total. The molecule has 78 valence electrons. The third kappa shape index (κ3) is 2.32. The van der Waals surface area contributed by atoms with Crippen molar-refractivity contribution < 1.29 is 4.39 Å². The standard InChI is InChI=1S/C9H13ClFN3/c1-9(2,6-10)14(3)8-12-4-7(11)5-13-8/h4-5H,6H2,1-3H3. The van der Waals surface area contributed by atoms with Gasteiger partial charge in [0.2, 0.25) is 5.95 Å². The van der Waals surface area contributed by atoms with E-state index in [2.05, 4.69) is 9.97 Å². The second-order valence-corrected chi connectivity index (χ2v) is 3.97. The Kier molecular flexibility index (Phi) is 3.26. The quantitative estimate of drug-likeness (QED) is 0.726. The first-order valence-electron chi connectivity index (χ1n) is 4.25. The summed E-state index contributed by atoms with van der Waals surface area (Å²) in [7, 11) is 1.83. The van der Waals surface area contributed by atoms with E-state index >= 15 is 0 Å². The molecular weight excluding hydrogens is 205 g/mol. The van der Waals surface area contributed by atoms with Crippen LogP contribution >= 0.6 is 11.6 Å². The van der Waals surface area contributed by atoms with Crippen molar-refractivity contribution in [2.45, 2.75) is 19.4 Å². The molecule has 0 spiro atoms. The summed E-state index contributed by atoms with van der Waals surface area (Å²) in [6, 6.07) is 0. The highest BCUT2D eigenvalue weighted by atomic mass is 35.5. The molecule has 1 heterocycles. The van der Waals surface area contributed by atoms with Crippen LogP contribution in [0.5, 0.6) is 0 Å². The Morgan fingerprint density at radius 2 is 1.93 bits per heavy atom. The molecule has 0 atom stereocenters. The Hall–Kier alpha value is -0.900. The zero-order valence-corrected chi connectivity index (χ0v) is 9.22. The van der Waals surface area contributed by atoms with Gasteiger partial charge < -0.3 is 4.90 Å². The lowest BCUT2D eigenvalue weighted by Crippen LogP contribution is -2.43. The average Bonchev–Trinajstić information content (AvgIpc) is 2.18. The van der Waals surface area contributed by atoms with E-state index in [-0.39, 0.29) is 5.54 Å². The maximum Gasteiger partial charge on any atom is 0.225 e. The first-order chi connectivity index (χ1) is 6.47. The molecule has 0 N–H and O–H groups in total. The zero-order chi connectivity index (χ0) is 10.8. The summed E-state index contributed by atoms with van der Waals surface area (Å²) in [5, 5.41) is 0. The Bertz CT molecular complexity index is 299. The van der Waals surface area contributed by atoms with Gasteiger partial charge in [0, 0.05) is 12.9 Å². The molecule has 0 aliphatic rings. The van der Waals surface area contributed by atoms with E-state index in [0.717, 1.165) is 12.4 Å². The maximum absolute atomic E-state index is 12.6. The van der Waals surface area contributed by atoms with E-state index in [4.69, 9.17) is 11.6 Å². The van der Waals surface area contributed by atoms with Crippen LogP contribution in [-0.4, -0.2) is 28.4 Å². The zero-order valence-electron chi connectivity index (χ0n) is 8.46. The molecule has 0 saturated carbocycles. The first kappa shape index (κ1) is 11.2. The third-order valence-electron chi connectivity index (χ3n) is 2.14. The fourth-order valence-electron chi connectivity index (χ4n) is 0.839. The lowest BCUT2D eigenvalue weighted by atomic mass is 10.1. The van der Waals surface area contributed by atoms with Gasteiger partial charge in [0.1, 0.15) is 0 Å². The Morgan fingerprint density at radius 1 is 1.43 bits per heavy atom. The van der Waals surface area contributed by atoms with Crippen LogP contribution in [0, 0.1) is 5.82 Å². The van der Waals surface area contributed by atoms with E-state index in [0.29, 0.717) is 11.8 Å². The second-order valence-electron chi connectivity index (χ2n) is 3.71. The highest BCUT2D eigenvalue weighted by Crippen LogP contribution is 2.18. The minimum Gasteiger partial charge on any atom is -0.338 e. The number of nitrogens with zero attached hydrogens (tertiary/aromatic N) is 3. The van der Waals surface area contributed by atoms with Crippen LogP contribution in [0.2, 0.25) is 0 Å². The first-order valence-corrected chi connectivity index (χ1v) is 4.78. The number of alkyl halides is 1. The van der Waals surface area contributed by atoms with Gasteiger partial charge in [0.25, 0.3) is 0 Å². The summed E-state index contributed by atoms with van der Waals surface area (Å²) in [4.78, 5) is 9.57. The summed E-state index contributed by atoms with van der Waals surface area (Å²) in [6.07, 6.45) is 2.28. The van der Waals surface area contributed by atoms with Crippen LogP contribution in [0.25, 0.3) is 0 Å². The van der Waals surface area contributed by atoms with Crippen molar-refractivity contribution in [3.63, 3.8) is 0 Å². The van der Waals surface area contributed by atoms with Gasteiger partial charge in [-0.3, -0.25) is 0 Å². The molecule has 1 aromatic heterocycles. The van der Waals surface area contributed by atoms with Crippen molar-refractivity contribution in [1.29, 1.82) is 0 Å². The van der Waals surface area contributed by atoms with Gasteiger partial charge in [-0.05, 0) is 13.8 Å². The number of halogens is 2. The summed E-state index contributed by atoms with van der Waals surface area (Å²) in [6.45, 7) is 3.93. The molecule has 0 unspecified atom stereocenters. The number of rotatable bonds is 3. The van der Waals surface area contributed by atoms with Crippen molar-refractivity contribution >= 4 is 17.5 Å². The van der Waals surface area contributed by atoms with Gasteiger partial charge in [-0.2, -0.15) is 0 Å². The summed E-state index contributed by atoms with van der Waals surface area (Å²) in [5.41, 5.74) is -0.251. The predicted octanol–water partition coefficient (Wildman–Crippen LogP) is 2.07. The fourth-order valence-corrected chi connectivity index (χ4v) is 1.02. The largest absolute Gasteiger partial charge is 0.338 e. The van der Waals surface area contributed by atoms with Gasteiger partial charge >= 0.3 is 0 Å². The molecule has 5 heteroatoms. The Balaban J connectivity index is 2.89. The van der Waals surface area contributed by atoms with E-state index < -0.39 is 5.82 Å². The third-order valence-corrected chi connectivity index (χ3v) is 2.80. The smallest absolute Gasteiger partial charge is 0.225 e. The van der Waals surface area contributed by atoms with Gasteiger partial charge in [0.15, 0.2) is 5.82 Å². The predicted molar refractivity (Wildman–Crippen MR) is 55.2 cm³/mol. The van der Waals surface area contributed by atoms with E-state index in [1.807, 2.05) is 25.8 Å². The van der Waals surface area contributed by atoms with Crippen molar-refractivity contribution in [1.82, 2.24) is 9.97 Å². The van der Waals surface area contributed by atoms with Crippen LogP contribution < -0.4 is 4.90 Å². The molecule has 0 radical (unpaired) electrons. The fraction of sp³-hybridized carbons (Fsp3) is 0.556. The minimum atomic E-state index is -0.439. The van der Waals surface area contributed by atoms with Crippen LogP contribution in [0.3, 0.4) is 0 Å². The second kappa shape index (κ2) is 4.09. The van der Waals surface area contributed by atoms with Crippen LogP contribution in [0.1, 0.15) is 13.8 Å². The highest BCUT2D eigenvalue weighted by molar-refractivity contribution is 6.18. The van der Waals surface area contributed by atoms with Crippen LogP contribution in [0.15, 0.2) is 12.4 Å². The maximum atomic E-state index is 12.6. The summed E-state index contributed by atoms with van der Waals surface area (Å²) < 4.78 is 12.6. The normalized spacial score (nSPS) is 11.5. The van der Waals surface area contributed by atoms with Crippen molar-refractivity contribution in [2.24, 2.45) is 0 Å². The number of hydrogen-bond acceptors (Lipinski definition) is 3. The Labute approximate surface area is 87.9 Å². The molecule has 0 aliphatic carbocycles. The van der Waals surface area contributed by atoms with Gasteiger partial charge in [0.05, 0.1) is 17.9 Å². The van der Waals surface area contributed by atoms with E-state index in [1.54, 1.807) is 0 Å². The summed E-state index contributed by atoms with van der Waals surface area (Å²) >= 11 is 5.80. The topological polar surface area (TPSA) is 29.0 Å². The lowest BCUT2D eigenvalue weighted by Gasteiger charge is -2.33. The molecule has 0 aromatic carbocycles. The Morgan fingerprint density at radius 3 is 2.36 bits per heavy atom. The summed E-state index contributed by atoms with van der Waals surface area (Å²) in [5.74, 6) is 0.479. The number of hydrogen-bond donors (Lipinski definition) is 0. The van der Waals surface area contributed by atoms with Crippen LogP contribution in [-0.2, 0) is 0 Å². The molecule has 0 bridgehead atoms. The van der Waals surface area contributed by atoms with Crippen molar-refractivity contribution in [3.8, 4) is 0 Å².